The van der Waals surface area contributed by atoms with E-state index in [2.05, 4.69) is 18.8 Å². The molecule has 0 bridgehead atoms. The van der Waals surface area contributed by atoms with E-state index in [0.29, 0.717) is 32.2 Å². The van der Waals surface area contributed by atoms with Crippen molar-refractivity contribution in [1.29, 1.82) is 0 Å². The predicted molar refractivity (Wildman–Crippen MR) is 95.7 cm³/mol. The van der Waals surface area contributed by atoms with Crippen LogP contribution in [0.2, 0.25) is 0 Å². The van der Waals surface area contributed by atoms with E-state index in [4.69, 9.17) is 10.5 Å². The molecule has 2 rings (SSSR count). The molecule has 0 spiro atoms. The van der Waals surface area contributed by atoms with Crippen LogP contribution in [0.15, 0.2) is 17.6 Å². The number of hydrogen-bond acceptors (Lipinski definition) is 5. The Morgan fingerprint density at radius 2 is 2.04 bits per heavy atom. The van der Waals surface area contributed by atoms with E-state index < -0.39 is 10.0 Å². The van der Waals surface area contributed by atoms with Crippen molar-refractivity contribution in [2.45, 2.75) is 50.8 Å². The Kier molecular flexibility index (Phi) is 8.66. The summed E-state index contributed by atoms with van der Waals surface area (Å²) in [5, 5.41) is 0.139. The first kappa shape index (κ1) is 21.4. The first-order valence-electron chi connectivity index (χ1n) is 8.27. The number of sulfonamides is 1. The lowest BCUT2D eigenvalue weighted by atomic mass is 10.1. The van der Waals surface area contributed by atoms with Crippen molar-refractivity contribution in [3.8, 4) is 0 Å². The van der Waals surface area contributed by atoms with Crippen LogP contribution < -0.4 is 5.73 Å². The maximum Gasteiger partial charge on any atom is 0.262 e. The fourth-order valence-corrected chi connectivity index (χ4v) is 4.10. The van der Waals surface area contributed by atoms with Crippen LogP contribution in [-0.4, -0.2) is 54.6 Å². The summed E-state index contributed by atoms with van der Waals surface area (Å²) in [6.07, 6.45) is 5.62. The van der Waals surface area contributed by atoms with E-state index in [0.717, 1.165) is 25.8 Å². The van der Waals surface area contributed by atoms with E-state index in [9.17, 15) is 8.42 Å². The van der Waals surface area contributed by atoms with Crippen LogP contribution >= 0.6 is 12.4 Å². The van der Waals surface area contributed by atoms with E-state index in [1.54, 1.807) is 12.5 Å². The minimum absolute atomic E-state index is 0. The summed E-state index contributed by atoms with van der Waals surface area (Å²) in [5.41, 5.74) is 5.44. The quantitative estimate of drug-likeness (QED) is 0.690. The van der Waals surface area contributed by atoms with E-state index in [1.807, 2.05) is 4.57 Å². The molecule has 7 nitrogen and oxygen atoms in total. The van der Waals surface area contributed by atoms with Crippen LogP contribution in [0.5, 0.6) is 0 Å². The Morgan fingerprint density at radius 1 is 1.38 bits per heavy atom. The van der Waals surface area contributed by atoms with Crippen molar-refractivity contribution in [3.05, 3.63) is 12.5 Å². The summed E-state index contributed by atoms with van der Waals surface area (Å²) in [6, 6.07) is 0. The van der Waals surface area contributed by atoms with Crippen LogP contribution in [0.1, 0.15) is 33.1 Å². The second-order valence-electron chi connectivity index (χ2n) is 6.42. The number of piperidine rings is 1. The molecule has 140 valence electrons. The highest BCUT2D eigenvalue weighted by Gasteiger charge is 2.31. The average Bonchev–Trinajstić information content (AvgIpc) is 2.96. The Balaban J connectivity index is 0.00000288. The van der Waals surface area contributed by atoms with Gasteiger partial charge in [0.05, 0.1) is 12.4 Å². The van der Waals surface area contributed by atoms with E-state index in [-0.39, 0.29) is 23.5 Å². The van der Waals surface area contributed by atoms with Crippen LogP contribution in [0.3, 0.4) is 0 Å². The Bertz CT molecular complexity index is 583. The molecule has 0 aromatic carbocycles. The average molecular weight is 381 g/mol. The molecule has 0 unspecified atom stereocenters. The Hall–Kier alpha value is -0.670. The molecule has 1 fully saturated rings. The van der Waals surface area contributed by atoms with E-state index >= 15 is 0 Å². The third-order valence-corrected chi connectivity index (χ3v) is 5.68. The van der Waals surface area contributed by atoms with Crippen molar-refractivity contribution in [2.24, 2.45) is 11.7 Å². The minimum atomic E-state index is -3.50. The molecule has 2 N–H and O–H groups in total. The van der Waals surface area contributed by atoms with Gasteiger partial charge in [0.25, 0.3) is 10.0 Å². The molecular weight excluding hydrogens is 352 g/mol. The third kappa shape index (κ3) is 5.70. The van der Waals surface area contributed by atoms with Gasteiger partial charge in [-0.05, 0) is 31.7 Å². The molecule has 1 aliphatic heterocycles. The van der Waals surface area contributed by atoms with Crippen LogP contribution in [-0.2, 0) is 21.3 Å². The predicted octanol–water partition coefficient (Wildman–Crippen LogP) is 1.48. The Labute approximate surface area is 151 Å². The van der Waals surface area contributed by atoms with Gasteiger partial charge in [-0.25, -0.2) is 13.4 Å². The van der Waals surface area contributed by atoms with Crippen LogP contribution in [0.4, 0.5) is 0 Å². The van der Waals surface area contributed by atoms with Crippen LogP contribution in [0, 0.1) is 5.92 Å². The molecule has 0 saturated carbocycles. The number of nitrogens with two attached hydrogens (primary N) is 1. The molecule has 9 heteroatoms. The Morgan fingerprint density at radius 3 is 2.62 bits per heavy atom. The van der Waals surface area contributed by atoms with E-state index in [1.165, 1.54) is 4.31 Å². The molecular formula is C15H29ClN4O3S. The summed E-state index contributed by atoms with van der Waals surface area (Å²) in [6.45, 7) is 7.16. The van der Waals surface area contributed by atoms with Gasteiger partial charge in [-0.2, -0.15) is 4.31 Å². The standard InChI is InChI=1S/C15H28N4O3S.ClH/c1-13(2)10-18-11-15(17-12-18)23(20,21)19-7-4-14(5-8-19)22-9-3-6-16;/h11-14H,3-10,16H2,1-2H3;1H. The lowest BCUT2D eigenvalue weighted by Crippen LogP contribution is -2.41. The van der Waals surface area contributed by atoms with Gasteiger partial charge in [0.2, 0.25) is 0 Å². The van der Waals surface area contributed by atoms with Gasteiger partial charge in [-0.15, -0.1) is 12.4 Å². The smallest absolute Gasteiger partial charge is 0.262 e. The first-order valence-corrected chi connectivity index (χ1v) is 9.71. The fourth-order valence-electron chi connectivity index (χ4n) is 2.70. The first-order chi connectivity index (χ1) is 10.9. The molecule has 0 amide bonds. The van der Waals surface area contributed by atoms with Gasteiger partial charge in [0.15, 0.2) is 5.03 Å². The number of ether oxygens (including phenoxy) is 1. The second kappa shape index (κ2) is 9.72. The fraction of sp³-hybridized carbons (Fsp3) is 0.800. The summed E-state index contributed by atoms with van der Waals surface area (Å²) >= 11 is 0. The maximum atomic E-state index is 12.6. The minimum Gasteiger partial charge on any atom is -0.378 e. The zero-order valence-corrected chi connectivity index (χ0v) is 16.1. The number of aromatic nitrogens is 2. The van der Waals surface area contributed by atoms with Gasteiger partial charge in [0, 0.05) is 32.4 Å². The van der Waals surface area contributed by atoms with Gasteiger partial charge in [0.1, 0.15) is 0 Å². The zero-order valence-electron chi connectivity index (χ0n) is 14.4. The SMILES string of the molecule is CC(C)Cn1cnc(S(=O)(=O)N2CCC(OCCCN)CC2)c1.Cl. The van der Waals surface area contributed by atoms with Gasteiger partial charge < -0.3 is 15.0 Å². The van der Waals surface area contributed by atoms with Crippen LogP contribution in [0.25, 0.3) is 0 Å². The highest BCUT2D eigenvalue weighted by molar-refractivity contribution is 7.89. The molecule has 0 radical (unpaired) electrons. The van der Waals surface area contributed by atoms with Crippen molar-refractivity contribution < 1.29 is 13.2 Å². The molecule has 2 heterocycles. The van der Waals surface area contributed by atoms with Crippen molar-refractivity contribution in [3.63, 3.8) is 0 Å². The normalized spacial score (nSPS) is 17.2. The maximum absolute atomic E-state index is 12.6. The lowest BCUT2D eigenvalue weighted by molar-refractivity contribution is 0.0208. The van der Waals surface area contributed by atoms with Gasteiger partial charge >= 0.3 is 0 Å². The number of hydrogen-bond donors (Lipinski definition) is 1. The van der Waals surface area contributed by atoms with Crippen molar-refractivity contribution in [2.75, 3.05) is 26.2 Å². The molecule has 1 aromatic heterocycles. The molecule has 1 aliphatic rings. The topological polar surface area (TPSA) is 90.5 Å². The molecule has 0 aliphatic carbocycles. The number of rotatable bonds is 8. The summed E-state index contributed by atoms with van der Waals surface area (Å²) < 4.78 is 34.4. The van der Waals surface area contributed by atoms with Gasteiger partial charge in [-0.1, -0.05) is 13.8 Å². The summed E-state index contributed by atoms with van der Waals surface area (Å²) in [5.74, 6) is 0.446. The zero-order chi connectivity index (χ0) is 16.9. The second-order valence-corrected chi connectivity index (χ2v) is 8.30. The van der Waals surface area contributed by atoms with Crippen molar-refractivity contribution in [1.82, 2.24) is 13.9 Å². The third-order valence-electron chi connectivity index (χ3n) is 3.89. The summed E-state index contributed by atoms with van der Waals surface area (Å²) in [7, 11) is -3.50. The molecule has 1 saturated heterocycles. The molecule has 24 heavy (non-hydrogen) atoms. The number of imidazole rings is 1. The largest absolute Gasteiger partial charge is 0.378 e. The lowest BCUT2D eigenvalue weighted by Gasteiger charge is -2.30. The monoisotopic (exact) mass is 380 g/mol. The summed E-state index contributed by atoms with van der Waals surface area (Å²) in [4.78, 5) is 4.08. The van der Waals surface area contributed by atoms with Gasteiger partial charge in [-0.3, -0.25) is 0 Å². The number of halogens is 1. The highest BCUT2D eigenvalue weighted by atomic mass is 35.5. The van der Waals surface area contributed by atoms with Crippen molar-refractivity contribution >= 4 is 22.4 Å². The number of nitrogens with zero attached hydrogens (tertiary/aromatic N) is 3. The molecule has 1 aromatic rings. The molecule has 0 atom stereocenters. The highest BCUT2D eigenvalue weighted by Crippen LogP contribution is 2.21.